The number of pyridine rings is 1. The highest BCUT2D eigenvalue weighted by Gasteiger charge is 2.16. The lowest BCUT2D eigenvalue weighted by Crippen LogP contribution is -2.15. The third-order valence-electron chi connectivity index (χ3n) is 4.57. The van der Waals surface area contributed by atoms with Gasteiger partial charge in [-0.05, 0) is 29.8 Å². The van der Waals surface area contributed by atoms with Crippen molar-refractivity contribution in [3.63, 3.8) is 0 Å². The fourth-order valence-corrected chi connectivity index (χ4v) is 3.57. The molecule has 0 saturated carbocycles. The van der Waals surface area contributed by atoms with Crippen molar-refractivity contribution in [2.75, 3.05) is 34.2 Å². The van der Waals surface area contributed by atoms with Gasteiger partial charge in [0.15, 0.2) is 23.0 Å². The highest BCUT2D eigenvalue weighted by molar-refractivity contribution is 9.10. The smallest absolute Gasteiger partial charge is 0.271 e. The van der Waals surface area contributed by atoms with E-state index in [0.29, 0.717) is 40.5 Å². The molecule has 3 rings (SSSR count). The molecule has 0 aliphatic heterocycles. The van der Waals surface area contributed by atoms with Crippen LogP contribution in [0.5, 0.6) is 23.0 Å². The molecule has 1 heterocycles. The van der Waals surface area contributed by atoms with E-state index in [1.54, 1.807) is 27.4 Å². The Kier molecular flexibility index (Phi) is 5.69. The van der Waals surface area contributed by atoms with Crippen molar-refractivity contribution in [3.05, 3.63) is 50.3 Å². The number of anilines is 1. The Balaban J connectivity index is 2.21. The Bertz CT molecular complexity index is 1090. The van der Waals surface area contributed by atoms with Crippen molar-refractivity contribution >= 4 is 32.4 Å². The van der Waals surface area contributed by atoms with E-state index >= 15 is 0 Å². The molecule has 0 aliphatic carbocycles. The number of nitrogens with one attached hydrogen (secondary N) is 1. The van der Waals surface area contributed by atoms with Crippen LogP contribution in [0, 0.1) is 0 Å². The molecule has 7 nitrogen and oxygen atoms in total. The van der Waals surface area contributed by atoms with E-state index in [-0.39, 0.29) is 11.2 Å². The summed E-state index contributed by atoms with van der Waals surface area (Å²) in [7, 11) is 6.25. The lowest BCUT2D eigenvalue weighted by molar-refractivity contribution is 0.354. The summed E-state index contributed by atoms with van der Waals surface area (Å²) in [6, 6.07) is 7.22. The Hall–Kier alpha value is -2.87. The Labute approximate surface area is 170 Å². The van der Waals surface area contributed by atoms with E-state index in [1.807, 2.05) is 18.2 Å². The number of methoxy groups -OCH3 is 4. The lowest BCUT2D eigenvalue weighted by Gasteiger charge is -2.15. The van der Waals surface area contributed by atoms with E-state index in [9.17, 15) is 4.79 Å². The Morgan fingerprint density at radius 1 is 0.857 bits per heavy atom. The summed E-state index contributed by atoms with van der Waals surface area (Å²) in [6.45, 7) is 0. The maximum absolute atomic E-state index is 12.4. The van der Waals surface area contributed by atoms with Crippen LogP contribution in [0.2, 0.25) is 0 Å². The zero-order valence-corrected chi connectivity index (χ0v) is 17.6. The highest BCUT2D eigenvalue weighted by atomic mass is 79.9. The van der Waals surface area contributed by atoms with Crippen LogP contribution in [0.1, 0.15) is 11.3 Å². The molecule has 0 amide bonds. The molecule has 0 bridgehead atoms. The molecule has 1 aromatic heterocycles. The molecule has 148 valence electrons. The van der Waals surface area contributed by atoms with Gasteiger partial charge in [0, 0.05) is 27.4 Å². The van der Waals surface area contributed by atoms with E-state index in [2.05, 4.69) is 20.9 Å². The van der Waals surface area contributed by atoms with E-state index in [4.69, 9.17) is 24.7 Å². The van der Waals surface area contributed by atoms with Crippen molar-refractivity contribution < 1.29 is 18.9 Å². The summed E-state index contributed by atoms with van der Waals surface area (Å²) in [6.07, 6.45) is 0.433. The van der Waals surface area contributed by atoms with E-state index in [1.165, 1.54) is 7.11 Å². The number of hydrogen-bond acceptors (Lipinski definition) is 6. The fraction of sp³-hybridized carbons (Fsp3) is 0.250. The summed E-state index contributed by atoms with van der Waals surface area (Å²) in [5, 5.41) is 1.38. The number of fused-ring (bicyclic) bond motifs is 1. The van der Waals surface area contributed by atoms with Crippen LogP contribution in [0.3, 0.4) is 0 Å². The SMILES string of the molecule is COc1cc(Br)c(Cc2[nH]c(=O)c(N)c3cc(OC)c(OC)cc23)cc1OC. The summed E-state index contributed by atoms with van der Waals surface area (Å²) in [5.74, 6) is 2.27. The van der Waals surface area contributed by atoms with Crippen LogP contribution in [-0.4, -0.2) is 33.4 Å². The van der Waals surface area contributed by atoms with Crippen molar-refractivity contribution in [1.29, 1.82) is 0 Å². The maximum Gasteiger partial charge on any atom is 0.271 e. The minimum atomic E-state index is -0.355. The lowest BCUT2D eigenvalue weighted by atomic mass is 10.0. The minimum absolute atomic E-state index is 0.131. The van der Waals surface area contributed by atoms with Crippen LogP contribution in [0.15, 0.2) is 33.5 Å². The second kappa shape index (κ2) is 8.02. The molecule has 0 radical (unpaired) electrons. The average Bonchev–Trinajstić information content (AvgIpc) is 2.71. The minimum Gasteiger partial charge on any atom is -0.493 e. The molecule has 3 aromatic rings. The van der Waals surface area contributed by atoms with Crippen molar-refractivity contribution in [2.24, 2.45) is 0 Å². The number of nitrogens with two attached hydrogens (primary N) is 1. The van der Waals surface area contributed by atoms with Crippen LogP contribution in [-0.2, 0) is 6.42 Å². The largest absolute Gasteiger partial charge is 0.493 e. The molecule has 0 unspecified atom stereocenters. The van der Waals surface area contributed by atoms with E-state index < -0.39 is 0 Å². The van der Waals surface area contributed by atoms with Crippen LogP contribution in [0.25, 0.3) is 10.8 Å². The van der Waals surface area contributed by atoms with Gasteiger partial charge < -0.3 is 29.7 Å². The molecule has 28 heavy (non-hydrogen) atoms. The Morgan fingerprint density at radius 3 is 1.93 bits per heavy atom. The first-order chi connectivity index (χ1) is 13.4. The number of ether oxygens (including phenoxy) is 4. The summed E-state index contributed by atoms with van der Waals surface area (Å²) < 4.78 is 22.3. The van der Waals surface area contributed by atoms with Gasteiger partial charge in [0.1, 0.15) is 5.69 Å². The molecule has 8 heteroatoms. The fourth-order valence-electron chi connectivity index (χ4n) is 3.11. The van der Waals surface area contributed by atoms with Gasteiger partial charge in [-0.1, -0.05) is 15.9 Å². The number of rotatable bonds is 6. The van der Waals surface area contributed by atoms with Crippen LogP contribution >= 0.6 is 15.9 Å². The molecule has 0 fully saturated rings. The van der Waals surface area contributed by atoms with Gasteiger partial charge in [0.05, 0.1) is 28.4 Å². The first-order valence-electron chi connectivity index (χ1n) is 8.40. The Morgan fingerprint density at radius 2 is 1.36 bits per heavy atom. The monoisotopic (exact) mass is 448 g/mol. The number of aromatic amines is 1. The third-order valence-corrected chi connectivity index (χ3v) is 5.31. The number of halogens is 1. The number of aromatic nitrogens is 1. The van der Waals surface area contributed by atoms with Gasteiger partial charge in [-0.3, -0.25) is 4.79 Å². The van der Waals surface area contributed by atoms with Crippen LogP contribution in [0.4, 0.5) is 5.69 Å². The number of hydrogen-bond donors (Lipinski definition) is 2. The molecule has 3 N–H and O–H groups in total. The molecule has 0 spiro atoms. The predicted molar refractivity (Wildman–Crippen MR) is 112 cm³/mol. The van der Waals surface area contributed by atoms with Gasteiger partial charge in [-0.2, -0.15) is 0 Å². The average molecular weight is 449 g/mol. The van der Waals surface area contributed by atoms with Gasteiger partial charge >= 0.3 is 0 Å². The predicted octanol–water partition coefficient (Wildman–Crippen LogP) is 3.50. The number of benzene rings is 2. The highest BCUT2D eigenvalue weighted by Crippen LogP contribution is 2.37. The summed E-state index contributed by atoms with van der Waals surface area (Å²) in [4.78, 5) is 15.3. The summed E-state index contributed by atoms with van der Waals surface area (Å²) in [5.41, 5.74) is 7.41. The second-order valence-corrected chi connectivity index (χ2v) is 6.93. The zero-order valence-electron chi connectivity index (χ0n) is 16.0. The molecule has 0 aliphatic rings. The van der Waals surface area contributed by atoms with E-state index in [0.717, 1.165) is 15.4 Å². The molecule has 2 aromatic carbocycles. The standard InChI is InChI=1S/C20H21BrN2O5/c1-25-15-6-10(13(21)9-18(15)28-4)5-14-11-7-16(26-2)17(27-3)8-12(11)19(22)20(24)23-14/h6-9H,5,22H2,1-4H3,(H,23,24). The molecule has 0 atom stereocenters. The zero-order chi connectivity index (χ0) is 20.4. The quantitative estimate of drug-likeness (QED) is 0.598. The van der Waals surface area contributed by atoms with Crippen molar-refractivity contribution in [3.8, 4) is 23.0 Å². The van der Waals surface area contributed by atoms with Gasteiger partial charge in [-0.25, -0.2) is 0 Å². The third kappa shape index (κ3) is 3.47. The van der Waals surface area contributed by atoms with Gasteiger partial charge in [0.2, 0.25) is 0 Å². The first-order valence-corrected chi connectivity index (χ1v) is 9.19. The molecular weight excluding hydrogens is 428 g/mol. The topological polar surface area (TPSA) is 95.8 Å². The normalized spacial score (nSPS) is 10.8. The number of nitrogen functional groups attached to an aromatic ring is 1. The van der Waals surface area contributed by atoms with Crippen molar-refractivity contribution in [1.82, 2.24) is 4.98 Å². The maximum atomic E-state index is 12.4. The van der Waals surface area contributed by atoms with Gasteiger partial charge in [-0.15, -0.1) is 0 Å². The second-order valence-electron chi connectivity index (χ2n) is 6.07. The number of H-pyrrole nitrogens is 1. The van der Waals surface area contributed by atoms with Crippen molar-refractivity contribution in [2.45, 2.75) is 6.42 Å². The van der Waals surface area contributed by atoms with Gasteiger partial charge in [0.25, 0.3) is 5.56 Å². The molecule has 0 saturated heterocycles. The molecular formula is C20H21BrN2O5. The van der Waals surface area contributed by atoms with Crippen LogP contribution < -0.4 is 30.2 Å². The first kappa shape index (κ1) is 19.9. The summed E-state index contributed by atoms with van der Waals surface area (Å²) >= 11 is 3.56.